The molecule has 47 heavy (non-hydrogen) atoms. The number of pyridine rings is 1. The van der Waals surface area contributed by atoms with Crippen molar-refractivity contribution < 1.29 is 46.3 Å². The van der Waals surface area contributed by atoms with Crippen molar-refractivity contribution >= 4 is 56.1 Å². The predicted molar refractivity (Wildman–Crippen MR) is 170 cm³/mol. The van der Waals surface area contributed by atoms with Gasteiger partial charge in [-0.15, -0.1) is 15.6 Å². The first-order chi connectivity index (χ1) is 22.2. The van der Waals surface area contributed by atoms with Crippen molar-refractivity contribution in [3.63, 3.8) is 0 Å². The van der Waals surface area contributed by atoms with Gasteiger partial charge in [-0.25, -0.2) is 14.8 Å². The fourth-order valence-corrected chi connectivity index (χ4v) is 5.49. The Morgan fingerprint density at radius 1 is 1.21 bits per heavy atom. The van der Waals surface area contributed by atoms with Gasteiger partial charge in [-0.3, -0.25) is 14.1 Å². The number of β-lactam (4-membered cyclic amide) rings is 1. The summed E-state index contributed by atoms with van der Waals surface area (Å²) in [6.07, 6.45) is 0.325. The van der Waals surface area contributed by atoms with Gasteiger partial charge in [-0.2, -0.15) is 13.5 Å². The first kappa shape index (κ1) is 35.2. The van der Waals surface area contributed by atoms with Crippen molar-refractivity contribution in [2.75, 3.05) is 30.7 Å². The van der Waals surface area contributed by atoms with E-state index in [1.807, 2.05) is 12.1 Å². The molecular formula is C28H33N7O10S2. The molecule has 1 aliphatic rings. The summed E-state index contributed by atoms with van der Waals surface area (Å²) in [4.78, 5) is 51.4. The molecule has 4 rings (SSSR count). The molecule has 0 bridgehead atoms. The minimum atomic E-state index is -4.99. The number of hydroxylamine groups is 2. The third kappa shape index (κ3) is 8.98. The zero-order valence-corrected chi connectivity index (χ0v) is 26.9. The maximum Gasteiger partial charge on any atom is 0.418 e. The van der Waals surface area contributed by atoms with Gasteiger partial charge in [0.1, 0.15) is 23.9 Å². The smallest absolute Gasteiger partial charge is 0.418 e. The number of carboxylic acids is 1. The maximum atomic E-state index is 13.3. The zero-order chi connectivity index (χ0) is 34.4. The molecule has 2 aromatic heterocycles. The second kappa shape index (κ2) is 14.8. The molecule has 0 spiro atoms. The van der Waals surface area contributed by atoms with E-state index < -0.39 is 64.4 Å². The molecule has 1 amide bonds. The summed E-state index contributed by atoms with van der Waals surface area (Å²) in [5.41, 5.74) is 11.2. The Hall–Kier alpha value is -4.69. The number of amides is 1. The van der Waals surface area contributed by atoms with Crippen LogP contribution in [0.3, 0.4) is 0 Å². The van der Waals surface area contributed by atoms with E-state index in [0.717, 1.165) is 28.9 Å². The fraction of sp³-hybridized carbons (Fsp3) is 0.357. The van der Waals surface area contributed by atoms with E-state index in [2.05, 4.69) is 24.7 Å². The molecule has 1 saturated heterocycles. The van der Waals surface area contributed by atoms with E-state index in [1.54, 1.807) is 30.5 Å². The van der Waals surface area contributed by atoms with Crippen molar-refractivity contribution in [1.29, 1.82) is 0 Å². The number of ketones is 1. The van der Waals surface area contributed by atoms with Gasteiger partial charge in [0, 0.05) is 24.5 Å². The average Bonchev–Trinajstić information content (AvgIpc) is 3.45. The molecule has 2 atom stereocenters. The molecule has 7 N–H and O–H groups in total. The van der Waals surface area contributed by atoms with Crippen LogP contribution in [0.15, 0.2) is 53.1 Å². The number of carbonyl (C=O) groups is 3. The number of anilines is 2. The first-order valence-electron chi connectivity index (χ1n) is 14.0. The molecule has 1 aliphatic heterocycles. The molecule has 252 valence electrons. The van der Waals surface area contributed by atoms with Crippen LogP contribution in [0, 0.1) is 5.92 Å². The summed E-state index contributed by atoms with van der Waals surface area (Å²) in [5, 5.41) is 18.6. The quantitative estimate of drug-likeness (QED) is 0.0444. The van der Waals surface area contributed by atoms with E-state index >= 15 is 0 Å². The molecule has 0 saturated carbocycles. The molecule has 0 radical (unpaired) electrons. The summed E-state index contributed by atoms with van der Waals surface area (Å²) in [7, 11) is -4.99. The number of carbonyl (C=O) groups excluding carboxylic acids is 2. The zero-order valence-electron chi connectivity index (χ0n) is 25.2. The van der Waals surface area contributed by atoms with Gasteiger partial charge in [-0.1, -0.05) is 17.3 Å². The topological polar surface area (TPSA) is 259 Å². The van der Waals surface area contributed by atoms with Crippen LogP contribution in [-0.2, 0) is 33.9 Å². The number of hydrogen-bond donors (Lipinski definition) is 5. The number of oxime groups is 1. The van der Waals surface area contributed by atoms with E-state index in [9.17, 15) is 27.9 Å². The molecule has 1 aromatic carbocycles. The predicted octanol–water partition coefficient (Wildman–Crippen LogP) is 1.73. The van der Waals surface area contributed by atoms with E-state index in [1.165, 1.54) is 19.2 Å². The van der Waals surface area contributed by atoms with Crippen LogP contribution in [0.25, 0.3) is 11.1 Å². The summed E-state index contributed by atoms with van der Waals surface area (Å²) in [5.74, 6) is -3.13. The SMILES string of the molecule is CC1(C)[C@H](CC(=O)/C(=N\OC(COc2ccc(-c3ccnc(NCCCN)c3)cc2)C(=O)O)c2csc(N)n2)C(=O)N1OS(=O)(=O)O. The molecular weight excluding hydrogens is 658 g/mol. The second-order valence-corrected chi connectivity index (χ2v) is 12.6. The lowest BCUT2D eigenvalue weighted by Gasteiger charge is -2.50. The van der Waals surface area contributed by atoms with Crippen molar-refractivity contribution in [1.82, 2.24) is 15.0 Å². The lowest BCUT2D eigenvalue weighted by Crippen LogP contribution is -2.68. The number of Topliss-reactive ketones (excluding diaryl/α,β-unsaturated/α-hetero) is 1. The molecule has 19 heteroatoms. The van der Waals surface area contributed by atoms with Crippen molar-refractivity contribution in [3.05, 3.63) is 53.7 Å². The number of hydrogen-bond acceptors (Lipinski definition) is 15. The minimum Gasteiger partial charge on any atom is -0.489 e. The highest BCUT2D eigenvalue weighted by atomic mass is 32.3. The lowest BCUT2D eigenvalue weighted by atomic mass is 9.74. The standard InChI is InChI=1S/C28H33N7O10S2/c1-28(2)19(25(37)35(28)45-47(40,41)42)13-21(36)24(20-15-46-27(30)33-20)34-44-22(26(38)39)14-43-18-6-4-16(5-7-18)17-8-11-32-23(12-17)31-10-3-9-29/h4-8,11-12,15,19,22H,3,9-10,13-14,29H2,1-2H3,(H2,30,33)(H,31,32)(H,38,39)(H,40,41,42)/b34-24-/t19-,22?/m1/s1. The number of aromatic nitrogens is 2. The molecule has 1 fully saturated rings. The summed E-state index contributed by atoms with van der Waals surface area (Å²) in [6, 6.07) is 10.6. The van der Waals surface area contributed by atoms with Crippen LogP contribution in [0.1, 0.15) is 32.4 Å². The van der Waals surface area contributed by atoms with E-state index in [-0.39, 0.29) is 10.8 Å². The molecule has 17 nitrogen and oxygen atoms in total. The Morgan fingerprint density at radius 2 is 1.94 bits per heavy atom. The fourth-order valence-electron chi connectivity index (χ4n) is 4.49. The number of ether oxygens (including phenoxy) is 1. The highest BCUT2D eigenvalue weighted by molar-refractivity contribution is 7.80. The Labute approximate surface area is 273 Å². The number of benzene rings is 1. The number of aliphatic carboxylic acids is 1. The summed E-state index contributed by atoms with van der Waals surface area (Å²) < 4.78 is 41.1. The number of nitrogens with zero attached hydrogens (tertiary/aromatic N) is 4. The number of nitrogens with one attached hydrogen (secondary N) is 1. The van der Waals surface area contributed by atoms with Crippen LogP contribution in [0.4, 0.5) is 10.9 Å². The third-order valence-corrected chi connectivity index (χ3v) is 8.06. The molecule has 3 heterocycles. The van der Waals surface area contributed by atoms with Crippen molar-refractivity contribution in [2.24, 2.45) is 16.8 Å². The van der Waals surface area contributed by atoms with Gasteiger partial charge >= 0.3 is 16.4 Å². The Kier molecular flexibility index (Phi) is 11.1. The van der Waals surface area contributed by atoms with Gasteiger partial charge in [0.05, 0.1) is 11.5 Å². The van der Waals surface area contributed by atoms with Gasteiger partial charge in [0.15, 0.2) is 16.6 Å². The highest BCUT2D eigenvalue weighted by Gasteiger charge is 2.57. The Morgan fingerprint density at radius 3 is 2.53 bits per heavy atom. The largest absolute Gasteiger partial charge is 0.489 e. The third-order valence-electron chi connectivity index (χ3n) is 7.04. The summed E-state index contributed by atoms with van der Waals surface area (Å²) in [6.45, 7) is 3.61. The van der Waals surface area contributed by atoms with Crippen LogP contribution >= 0.6 is 11.3 Å². The van der Waals surface area contributed by atoms with Crippen LogP contribution in [0.5, 0.6) is 5.75 Å². The Balaban J connectivity index is 1.43. The van der Waals surface area contributed by atoms with E-state index in [4.69, 9.17) is 25.6 Å². The monoisotopic (exact) mass is 691 g/mol. The molecule has 0 aliphatic carbocycles. The normalized spacial score (nSPS) is 16.7. The maximum absolute atomic E-state index is 13.3. The van der Waals surface area contributed by atoms with Gasteiger partial charge in [0.25, 0.3) is 12.0 Å². The van der Waals surface area contributed by atoms with Gasteiger partial charge in [-0.05, 0) is 62.2 Å². The van der Waals surface area contributed by atoms with Gasteiger partial charge in [0.2, 0.25) is 0 Å². The number of nitrogens with two attached hydrogens (primary N) is 2. The number of thiazole rings is 1. The first-order valence-corrected chi connectivity index (χ1v) is 16.3. The Bertz CT molecular complexity index is 1750. The number of rotatable bonds is 17. The van der Waals surface area contributed by atoms with Crippen molar-refractivity contribution in [3.8, 4) is 16.9 Å². The molecule has 3 aromatic rings. The van der Waals surface area contributed by atoms with E-state index in [0.29, 0.717) is 29.7 Å². The minimum absolute atomic E-state index is 0.0254. The van der Waals surface area contributed by atoms with Gasteiger partial charge < -0.3 is 31.5 Å². The van der Waals surface area contributed by atoms with Crippen LogP contribution in [0.2, 0.25) is 0 Å². The second-order valence-electron chi connectivity index (χ2n) is 10.7. The number of nitrogen functional groups attached to an aromatic ring is 1. The molecule has 1 unspecified atom stereocenters. The summed E-state index contributed by atoms with van der Waals surface area (Å²) >= 11 is 0.984. The van der Waals surface area contributed by atoms with Crippen LogP contribution < -0.4 is 21.5 Å². The highest BCUT2D eigenvalue weighted by Crippen LogP contribution is 2.40. The average molecular weight is 692 g/mol. The van der Waals surface area contributed by atoms with Crippen LogP contribution in [-0.4, -0.2) is 87.8 Å². The number of carboxylic acid groups (broad SMARTS) is 1. The lowest BCUT2D eigenvalue weighted by molar-refractivity contribution is -0.228. The van der Waals surface area contributed by atoms with Crippen molar-refractivity contribution in [2.45, 2.75) is 38.3 Å².